The van der Waals surface area contributed by atoms with Crippen LogP contribution in [0.15, 0.2) is 0 Å². The molecule has 0 unspecified atom stereocenters. The van der Waals surface area contributed by atoms with Crippen molar-refractivity contribution in [3.63, 3.8) is 0 Å². The normalized spacial score (nSPS) is 48.0. The largest absolute Gasteiger partial charge is 0.393 e. The molecule has 30 heavy (non-hydrogen) atoms. The van der Waals surface area contributed by atoms with Crippen molar-refractivity contribution < 1.29 is 5.11 Å². The Hall–Kier alpha value is -0.0400. The summed E-state index contributed by atoms with van der Waals surface area (Å²) in [5.41, 5.74) is 1.14. The first kappa shape index (κ1) is 23.1. The first-order valence-corrected chi connectivity index (χ1v) is 13.9. The summed E-state index contributed by atoms with van der Waals surface area (Å²) >= 11 is 0. The third-order valence-electron chi connectivity index (χ3n) is 11.9. The number of rotatable bonds is 6. The summed E-state index contributed by atoms with van der Waals surface area (Å²) in [4.78, 5) is 0. The first-order valence-electron chi connectivity index (χ1n) is 13.9. The molecule has 4 fully saturated rings. The Bertz CT molecular complexity index is 583. The molecule has 0 saturated heterocycles. The van der Waals surface area contributed by atoms with Gasteiger partial charge in [-0.05, 0) is 122 Å². The fourth-order valence-corrected chi connectivity index (χ4v) is 9.90. The molecule has 0 spiro atoms. The van der Waals surface area contributed by atoms with Crippen molar-refractivity contribution in [1.82, 2.24) is 0 Å². The van der Waals surface area contributed by atoms with E-state index in [1.54, 1.807) is 0 Å². The molecule has 1 heteroatoms. The molecule has 4 saturated carbocycles. The average molecular weight is 417 g/mol. The van der Waals surface area contributed by atoms with Crippen molar-refractivity contribution in [2.45, 2.75) is 125 Å². The van der Waals surface area contributed by atoms with Crippen LogP contribution in [0.2, 0.25) is 0 Å². The van der Waals surface area contributed by atoms with E-state index in [-0.39, 0.29) is 6.10 Å². The molecule has 0 aromatic rings. The molecule has 0 aromatic heterocycles. The number of aliphatic hydroxyl groups is 1. The van der Waals surface area contributed by atoms with Crippen LogP contribution in [0.3, 0.4) is 0 Å². The van der Waals surface area contributed by atoms with Gasteiger partial charge in [-0.2, -0.15) is 0 Å². The van der Waals surface area contributed by atoms with Gasteiger partial charge in [0.2, 0.25) is 0 Å². The zero-order valence-corrected chi connectivity index (χ0v) is 21.1. The molecule has 10 atom stereocenters. The summed E-state index contributed by atoms with van der Waals surface area (Å²) in [6, 6.07) is 0. The van der Waals surface area contributed by atoms with E-state index in [4.69, 9.17) is 0 Å². The Kier molecular flexibility index (Phi) is 6.72. The van der Waals surface area contributed by atoms with Crippen LogP contribution in [-0.4, -0.2) is 11.2 Å². The maximum atomic E-state index is 10.3. The molecule has 0 radical (unpaired) electrons. The molecule has 174 valence electrons. The van der Waals surface area contributed by atoms with E-state index in [1.807, 2.05) is 0 Å². The molecule has 4 rings (SSSR count). The standard InChI is InChI=1S/C29H52O/c1-7-21(19(2)3)9-8-20(4)25-12-13-26-24-11-10-22-18-23(30)14-16-28(22,5)27(24)15-17-29(25,26)6/h19-27,30H,7-18H2,1-6H3/t20-,21+,22+,23+,24+,25-,26+,27+,28+,29-/m1/s1. The SMILES string of the molecule is CC[C@@H](CC[C@@H](C)[C@H]1CC[C@H]2[C@@H]3CC[C@H]4C[C@@H](O)CC[C@]4(C)[C@H]3CC[C@]12C)C(C)C. The van der Waals surface area contributed by atoms with Crippen LogP contribution in [0.5, 0.6) is 0 Å². The smallest absolute Gasteiger partial charge is 0.0543 e. The monoisotopic (exact) mass is 416 g/mol. The summed E-state index contributed by atoms with van der Waals surface area (Å²) in [6.45, 7) is 15.2. The summed E-state index contributed by atoms with van der Waals surface area (Å²) in [5.74, 6) is 7.34. The lowest BCUT2D eigenvalue weighted by molar-refractivity contribution is -0.129. The van der Waals surface area contributed by atoms with Crippen LogP contribution in [0.1, 0.15) is 119 Å². The van der Waals surface area contributed by atoms with Gasteiger partial charge in [-0.1, -0.05) is 54.4 Å². The highest BCUT2D eigenvalue weighted by atomic mass is 16.3. The highest BCUT2D eigenvalue weighted by molar-refractivity contribution is 5.09. The van der Waals surface area contributed by atoms with E-state index in [0.717, 1.165) is 60.2 Å². The van der Waals surface area contributed by atoms with Gasteiger partial charge in [0, 0.05) is 0 Å². The molecule has 0 aromatic carbocycles. The predicted octanol–water partition coefficient (Wildman–Crippen LogP) is 8.10. The molecule has 0 aliphatic heterocycles. The second-order valence-corrected chi connectivity index (χ2v) is 13.3. The Labute approximate surface area is 188 Å². The number of hydrogen-bond acceptors (Lipinski definition) is 1. The molecular formula is C29H52O. The summed E-state index contributed by atoms with van der Waals surface area (Å²) < 4.78 is 0. The molecule has 4 aliphatic carbocycles. The zero-order valence-electron chi connectivity index (χ0n) is 21.1. The van der Waals surface area contributed by atoms with E-state index in [9.17, 15) is 5.11 Å². The first-order chi connectivity index (χ1) is 14.2. The predicted molar refractivity (Wildman–Crippen MR) is 128 cm³/mol. The highest BCUT2D eigenvalue weighted by Gasteiger charge is 2.60. The van der Waals surface area contributed by atoms with E-state index in [2.05, 4.69) is 41.5 Å². The second-order valence-electron chi connectivity index (χ2n) is 13.3. The number of fused-ring (bicyclic) bond motifs is 5. The van der Waals surface area contributed by atoms with Gasteiger partial charge in [-0.25, -0.2) is 0 Å². The fourth-order valence-electron chi connectivity index (χ4n) is 9.90. The third kappa shape index (κ3) is 3.82. The van der Waals surface area contributed by atoms with Crippen molar-refractivity contribution in [3.8, 4) is 0 Å². The van der Waals surface area contributed by atoms with Crippen LogP contribution in [0.25, 0.3) is 0 Å². The lowest BCUT2D eigenvalue weighted by Crippen LogP contribution is -2.54. The maximum absolute atomic E-state index is 10.3. The van der Waals surface area contributed by atoms with Crippen molar-refractivity contribution in [2.24, 2.45) is 58.2 Å². The molecule has 0 bridgehead atoms. The van der Waals surface area contributed by atoms with Crippen LogP contribution in [-0.2, 0) is 0 Å². The zero-order chi connectivity index (χ0) is 21.7. The minimum atomic E-state index is -0.0111. The third-order valence-corrected chi connectivity index (χ3v) is 11.9. The highest BCUT2D eigenvalue weighted by Crippen LogP contribution is 2.68. The lowest BCUT2D eigenvalue weighted by Gasteiger charge is -2.61. The Morgan fingerprint density at radius 1 is 0.833 bits per heavy atom. The van der Waals surface area contributed by atoms with Gasteiger partial charge < -0.3 is 5.11 Å². The number of hydrogen-bond donors (Lipinski definition) is 1. The van der Waals surface area contributed by atoms with Crippen molar-refractivity contribution in [2.75, 3.05) is 0 Å². The molecule has 1 nitrogen and oxygen atoms in total. The van der Waals surface area contributed by atoms with E-state index in [1.165, 1.54) is 64.2 Å². The molecule has 1 N–H and O–H groups in total. The van der Waals surface area contributed by atoms with Gasteiger partial charge in [0.05, 0.1) is 6.10 Å². The molecule has 0 heterocycles. The van der Waals surface area contributed by atoms with Gasteiger partial charge in [0.1, 0.15) is 0 Å². The lowest BCUT2D eigenvalue weighted by atomic mass is 9.44. The second kappa shape index (κ2) is 8.72. The van der Waals surface area contributed by atoms with Crippen molar-refractivity contribution in [3.05, 3.63) is 0 Å². The molecular weight excluding hydrogens is 364 g/mol. The summed E-state index contributed by atoms with van der Waals surface area (Å²) in [5, 5.41) is 10.3. The van der Waals surface area contributed by atoms with E-state index in [0.29, 0.717) is 10.8 Å². The van der Waals surface area contributed by atoms with E-state index < -0.39 is 0 Å². The maximum Gasteiger partial charge on any atom is 0.0543 e. The van der Waals surface area contributed by atoms with Crippen molar-refractivity contribution in [1.29, 1.82) is 0 Å². The van der Waals surface area contributed by atoms with Gasteiger partial charge in [0.25, 0.3) is 0 Å². The topological polar surface area (TPSA) is 20.2 Å². The van der Waals surface area contributed by atoms with Gasteiger partial charge >= 0.3 is 0 Å². The van der Waals surface area contributed by atoms with Crippen molar-refractivity contribution >= 4 is 0 Å². The minimum Gasteiger partial charge on any atom is -0.393 e. The van der Waals surface area contributed by atoms with E-state index >= 15 is 0 Å². The average Bonchev–Trinajstić information content (AvgIpc) is 3.06. The fraction of sp³-hybridized carbons (Fsp3) is 1.00. The van der Waals surface area contributed by atoms with Crippen LogP contribution >= 0.6 is 0 Å². The Morgan fingerprint density at radius 2 is 1.53 bits per heavy atom. The Balaban J connectivity index is 1.45. The summed E-state index contributed by atoms with van der Waals surface area (Å²) in [7, 11) is 0. The van der Waals surface area contributed by atoms with Crippen LogP contribution in [0, 0.1) is 58.2 Å². The van der Waals surface area contributed by atoms with Crippen LogP contribution in [0.4, 0.5) is 0 Å². The Morgan fingerprint density at radius 3 is 2.23 bits per heavy atom. The minimum absolute atomic E-state index is 0.0111. The molecule has 0 amide bonds. The van der Waals surface area contributed by atoms with Gasteiger partial charge in [0.15, 0.2) is 0 Å². The van der Waals surface area contributed by atoms with Gasteiger partial charge in [-0.15, -0.1) is 0 Å². The quantitative estimate of drug-likeness (QED) is 0.463. The van der Waals surface area contributed by atoms with Gasteiger partial charge in [-0.3, -0.25) is 0 Å². The summed E-state index contributed by atoms with van der Waals surface area (Å²) in [6.07, 6.45) is 16.5. The number of aliphatic hydroxyl groups excluding tert-OH is 1. The molecule has 4 aliphatic rings. The van der Waals surface area contributed by atoms with Crippen LogP contribution < -0.4 is 0 Å².